The molecule has 2 aromatic rings. The van der Waals surface area contributed by atoms with E-state index in [-0.39, 0.29) is 37.3 Å². The lowest BCUT2D eigenvalue weighted by Gasteiger charge is -2.37. The minimum atomic E-state index is -4.00. The summed E-state index contributed by atoms with van der Waals surface area (Å²) in [5, 5.41) is 6.70. The third-order valence-electron chi connectivity index (χ3n) is 12.5. The monoisotopic (exact) mass is 821 g/mol. The van der Waals surface area contributed by atoms with Crippen LogP contribution in [0.2, 0.25) is 0 Å². The normalized spacial score (nSPS) is 28.3. The van der Waals surface area contributed by atoms with E-state index >= 15 is 0 Å². The van der Waals surface area contributed by atoms with Crippen molar-refractivity contribution in [1.82, 2.24) is 25.2 Å². The molecule has 7 rings (SSSR count). The Balaban J connectivity index is 1.25. The number of nitrogens with zero attached hydrogens (tertiary/aromatic N) is 2. The number of aryl methyl sites for hydroxylation is 1. The highest BCUT2D eigenvalue weighted by Gasteiger charge is 2.64. The molecule has 0 bridgehead atoms. The number of allylic oxidation sites excluding steroid dienone is 1. The van der Waals surface area contributed by atoms with Gasteiger partial charge in [-0.15, -0.1) is 0 Å². The van der Waals surface area contributed by atoms with Crippen molar-refractivity contribution in [2.24, 2.45) is 11.3 Å². The van der Waals surface area contributed by atoms with Crippen LogP contribution in [0, 0.1) is 11.3 Å². The van der Waals surface area contributed by atoms with Gasteiger partial charge >= 0.3 is 6.09 Å². The van der Waals surface area contributed by atoms with Crippen LogP contribution in [0.4, 0.5) is 4.79 Å². The van der Waals surface area contributed by atoms with E-state index in [0.29, 0.717) is 56.4 Å². The van der Waals surface area contributed by atoms with Crippen LogP contribution < -0.4 is 24.8 Å². The molecule has 14 nitrogen and oxygen atoms in total. The van der Waals surface area contributed by atoms with Crippen molar-refractivity contribution in [1.29, 1.82) is 0 Å². The van der Waals surface area contributed by atoms with E-state index in [1.165, 1.54) is 4.90 Å². The number of carbonyl (C=O) groups excluding carboxylic acids is 4. The molecule has 4 amide bonds. The van der Waals surface area contributed by atoms with Crippen LogP contribution in [-0.2, 0) is 35.6 Å². The highest BCUT2D eigenvalue weighted by molar-refractivity contribution is 7.91. The quantitative estimate of drug-likeness (QED) is 0.299. The first kappa shape index (κ1) is 41.7. The van der Waals surface area contributed by atoms with Gasteiger partial charge in [0.15, 0.2) is 0 Å². The zero-order chi connectivity index (χ0) is 41.8. The zero-order valence-electron chi connectivity index (χ0n) is 34.9. The highest BCUT2D eigenvalue weighted by atomic mass is 32.2. The van der Waals surface area contributed by atoms with Gasteiger partial charge in [0, 0.05) is 23.3 Å². The maximum absolute atomic E-state index is 14.9. The molecular formula is C43H59N5O9S. The predicted molar refractivity (Wildman–Crippen MR) is 218 cm³/mol. The van der Waals surface area contributed by atoms with Crippen molar-refractivity contribution in [3.8, 4) is 11.5 Å². The number of benzene rings is 1. The van der Waals surface area contributed by atoms with E-state index in [2.05, 4.69) is 15.4 Å². The second kappa shape index (κ2) is 15.3. The fraction of sp³-hybridized carbons (Fsp3) is 0.651. The molecule has 1 spiro atoms. The number of ether oxygens (including phenoxy) is 3. The standard InChI is InChI=1S/C43H59N5O9S/c1-26(2)34-35-29(30-21-28(55-7)15-16-31(30)44-34)17-18-42(57-35)23-33-36(49)46-43(38(51)47-58(53,54)41(6)19-20-41)22-27(43)13-11-9-8-10-12-14-32(37(50)48(33)24-42)45-39(52)56-25-40(3,4)5/h11,13,15-16,21,26-27,32-33H,8-10,12,14,17-20,22-25H2,1-7H3,(H,45,52)(H,46,49)(H,47,51). The number of carbonyl (C=O) groups is 4. The summed E-state index contributed by atoms with van der Waals surface area (Å²) in [7, 11) is -2.38. The number of pyridine rings is 1. The maximum atomic E-state index is 14.9. The number of rotatable bonds is 7. The van der Waals surface area contributed by atoms with Gasteiger partial charge in [-0.1, -0.05) is 59.6 Å². The Hall–Kier alpha value is -4.40. The molecule has 2 saturated carbocycles. The molecule has 58 heavy (non-hydrogen) atoms. The zero-order valence-corrected chi connectivity index (χ0v) is 35.7. The van der Waals surface area contributed by atoms with Crippen LogP contribution in [-0.4, -0.2) is 90.3 Å². The van der Waals surface area contributed by atoms with Gasteiger partial charge in [0.1, 0.15) is 34.7 Å². The minimum absolute atomic E-state index is 0.00714. The number of hydrogen-bond acceptors (Lipinski definition) is 10. The summed E-state index contributed by atoms with van der Waals surface area (Å²) in [4.78, 5) is 63.4. The fourth-order valence-electron chi connectivity index (χ4n) is 8.52. The van der Waals surface area contributed by atoms with Crippen LogP contribution in [0.3, 0.4) is 0 Å². The van der Waals surface area contributed by atoms with Crippen molar-refractivity contribution in [2.45, 2.75) is 146 Å². The molecule has 15 heteroatoms. The van der Waals surface area contributed by atoms with E-state index in [0.717, 1.165) is 35.0 Å². The Morgan fingerprint density at radius 1 is 1.10 bits per heavy atom. The van der Waals surface area contributed by atoms with Crippen molar-refractivity contribution >= 4 is 44.7 Å². The molecule has 3 aliphatic heterocycles. The Kier molecular flexibility index (Phi) is 11.0. The molecule has 1 saturated heterocycles. The maximum Gasteiger partial charge on any atom is 0.407 e. The first-order valence-electron chi connectivity index (χ1n) is 20.8. The molecule has 2 aliphatic carbocycles. The summed E-state index contributed by atoms with van der Waals surface area (Å²) in [5.41, 5.74) is -0.257. The Labute approximate surface area is 341 Å². The summed E-state index contributed by atoms with van der Waals surface area (Å²) in [5.74, 6) is -0.946. The predicted octanol–water partition coefficient (Wildman–Crippen LogP) is 5.57. The average Bonchev–Trinajstić information content (AvgIpc) is 4.06. The number of alkyl carbamates (subject to hydrolysis) is 1. The number of amides is 4. The molecule has 1 aromatic heterocycles. The second-order valence-corrected chi connectivity index (χ2v) is 21.1. The van der Waals surface area contributed by atoms with E-state index < -0.39 is 67.7 Å². The number of sulfonamides is 1. The molecule has 5 aliphatic rings. The highest BCUT2D eigenvalue weighted by Crippen LogP contribution is 2.49. The number of hydrogen-bond donors (Lipinski definition) is 3. The van der Waals surface area contributed by atoms with Gasteiger partial charge < -0.3 is 29.7 Å². The van der Waals surface area contributed by atoms with Gasteiger partial charge in [-0.3, -0.25) is 19.1 Å². The first-order chi connectivity index (χ1) is 27.3. The van der Waals surface area contributed by atoms with Crippen LogP contribution in [0.25, 0.3) is 10.9 Å². The molecule has 0 radical (unpaired) electrons. The van der Waals surface area contributed by atoms with Crippen molar-refractivity contribution in [2.75, 3.05) is 20.3 Å². The third kappa shape index (κ3) is 8.24. The topological polar surface area (TPSA) is 182 Å². The SMILES string of the molecule is COc1ccc2nc(C(C)C)c3c(c2c1)CCC1(CC2C(=O)NC4(C(=O)NS(=O)(=O)C5(C)CC5)CC4C=CCCCCCC(NC(=O)OCC(C)(C)C)C(=O)N2C1)O3. The molecule has 3 N–H and O–H groups in total. The van der Waals surface area contributed by atoms with Crippen LogP contribution in [0.5, 0.6) is 11.5 Å². The van der Waals surface area contributed by atoms with E-state index in [4.69, 9.17) is 19.2 Å². The van der Waals surface area contributed by atoms with Crippen molar-refractivity contribution in [3.63, 3.8) is 0 Å². The summed E-state index contributed by atoms with van der Waals surface area (Å²) >= 11 is 0. The van der Waals surface area contributed by atoms with E-state index in [1.54, 1.807) is 14.0 Å². The second-order valence-electron chi connectivity index (χ2n) is 18.9. The molecule has 5 unspecified atom stereocenters. The van der Waals surface area contributed by atoms with Crippen LogP contribution in [0.1, 0.15) is 123 Å². The largest absolute Gasteiger partial charge is 0.497 e. The molecule has 5 atom stereocenters. The summed E-state index contributed by atoms with van der Waals surface area (Å²) in [6.45, 7) is 11.7. The molecule has 316 valence electrons. The number of fused-ring (bicyclic) bond motifs is 5. The van der Waals surface area contributed by atoms with Gasteiger partial charge in [-0.25, -0.2) is 18.2 Å². The van der Waals surface area contributed by atoms with Gasteiger partial charge in [-0.05, 0) is 87.8 Å². The molecular weight excluding hydrogens is 763 g/mol. The molecule has 3 fully saturated rings. The van der Waals surface area contributed by atoms with Crippen LogP contribution in [0.15, 0.2) is 30.4 Å². The van der Waals surface area contributed by atoms with E-state index in [9.17, 15) is 27.6 Å². The Bertz CT molecular complexity index is 2130. The Morgan fingerprint density at radius 2 is 1.86 bits per heavy atom. The van der Waals surface area contributed by atoms with Crippen LogP contribution >= 0.6 is 0 Å². The summed E-state index contributed by atoms with van der Waals surface area (Å²) in [6.07, 6.45) is 8.63. The number of methoxy groups -OCH3 is 1. The Morgan fingerprint density at radius 3 is 2.55 bits per heavy atom. The molecule has 4 heterocycles. The fourth-order valence-corrected chi connectivity index (χ4v) is 9.83. The lowest BCUT2D eigenvalue weighted by molar-refractivity contribution is -0.141. The van der Waals surface area contributed by atoms with Gasteiger partial charge in [0.05, 0.1) is 36.2 Å². The third-order valence-corrected chi connectivity index (χ3v) is 14.7. The average molecular weight is 822 g/mol. The van der Waals surface area contributed by atoms with Gasteiger partial charge in [-0.2, -0.15) is 0 Å². The number of aromatic nitrogens is 1. The van der Waals surface area contributed by atoms with E-state index in [1.807, 2.05) is 65.0 Å². The van der Waals surface area contributed by atoms with Crippen molar-refractivity contribution in [3.05, 3.63) is 41.6 Å². The van der Waals surface area contributed by atoms with Gasteiger partial charge in [0.25, 0.3) is 5.91 Å². The minimum Gasteiger partial charge on any atom is -0.497 e. The lowest BCUT2D eigenvalue weighted by atomic mass is 9.86. The van der Waals surface area contributed by atoms with Gasteiger partial charge in [0.2, 0.25) is 21.8 Å². The van der Waals surface area contributed by atoms with Crippen molar-refractivity contribution < 1.29 is 41.8 Å². The number of nitrogens with one attached hydrogen (secondary N) is 3. The summed E-state index contributed by atoms with van der Waals surface area (Å²) in [6, 6.07) is 3.67. The first-order valence-corrected chi connectivity index (χ1v) is 22.3. The lowest BCUT2D eigenvalue weighted by Crippen LogP contribution is -2.58. The smallest absolute Gasteiger partial charge is 0.407 e. The molecule has 1 aromatic carbocycles. The summed E-state index contributed by atoms with van der Waals surface area (Å²) < 4.78 is 45.9.